The molecule has 4 N–H and O–H groups in total. The van der Waals surface area contributed by atoms with Gasteiger partial charge in [0.25, 0.3) is 0 Å². The van der Waals surface area contributed by atoms with Gasteiger partial charge < -0.3 is 11.1 Å². The van der Waals surface area contributed by atoms with Crippen LogP contribution in [0, 0.1) is 5.92 Å². The fourth-order valence-corrected chi connectivity index (χ4v) is 3.94. The fourth-order valence-electron chi connectivity index (χ4n) is 3.94. The summed E-state index contributed by atoms with van der Waals surface area (Å²) < 4.78 is 0. The number of anilines is 1. The number of nitrogens with two attached hydrogens (primary N) is 1. The van der Waals surface area contributed by atoms with E-state index in [1.165, 1.54) is 0 Å². The molecule has 0 radical (unpaired) electrons. The van der Waals surface area contributed by atoms with Gasteiger partial charge in [-0.3, -0.25) is 14.7 Å². The SMILES string of the molecule is NC(=O)C1CCC(c2cc(NC(=O)Cc3cccc4ccccc34)n[nH]2)C1. The van der Waals surface area contributed by atoms with Gasteiger partial charge >= 0.3 is 0 Å². The first kappa shape index (κ1) is 17.3. The van der Waals surface area contributed by atoms with Crippen molar-refractivity contribution in [2.75, 3.05) is 5.32 Å². The fraction of sp³-hybridized carbons (Fsp3) is 0.286. The van der Waals surface area contributed by atoms with Crippen molar-refractivity contribution in [1.29, 1.82) is 0 Å². The molecule has 2 amide bonds. The highest BCUT2D eigenvalue weighted by Gasteiger charge is 2.30. The second-order valence-electron chi connectivity index (χ2n) is 7.18. The van der Waals surface area contributed by atoms with E-state index in [0.29, 0.717) is 5.82 Å². The molecule has 27 heavy (non-hydrogen) atoms. The highest BCUT2D eigenvalue weighted by atomic mass is 16.2. The number of nitrogens with zero attached hydrogens (tertiary/aromatic N) is 1. The quantitative estimate of drug-likeness (QED) is 0.650. The van der Waals surface area contributed by atoms with Crippen LogP contribution in [-0.4, -0.2) is 22.0 Å². The summed E-state index contributed by atoms with van der Waals surface area (Å²) in [6, 6.07) is 15.9. The predicted octanol–water partition coefficient (Wildman–Crippen LogP) is 3.11. The molecular weight excluding hydrogens is 340 g/mol. The summed E-state index contributed by atoms with van der Waals surface area (Å²) in [5, 5.41) is 12.3. The van der Waals surface area contributed by atoms with Crippen molar-refractivity contribution in [1.82, 2.24) is 10.2 Å². The molecule has 3 aromatic rings. The van der Waals surface area contributed by atoms with Gasteiger partial charge in [0, 0.05) is 23.6 Å². The second kappa shape index (κ2) is 7.23. The summed E-state index contributed by atoms with van der Waals surface area (Å²) in [6.07, 6.45) is 2.73. The number of hydrogen-bond donors (Lipinski definition) is 3. The first-order valence-corrected chi connectivity index (χ1v) is 9.21. The van der Waals surface area contributed by atoms with Crippen molar-refractivity contribution >= 4 is 28.4 Å². The maximum Gasteiger partial charge on any atom is 0.230 e. The molecule has 2 unspecified atom stereocenters. The van der Waals surface area contributed by atoms with E-state index in [9.17, 15) is 9.59 Å². The standard InChI is InChI=1S/C21H22N4O2/c22-21(27)16-9-8-15(10-16)18-12-19(25-24-18)23-20(26)11-14-6-3-5-13-4-1-2-7-17(13)14/h1-7,12,15-16H,8-11H2,(H2,22,27)(H2,23,24,25,26). The molecule has 0 spiro atoms. The lowest BCUT2D eigenvalue weighted by atomic mass is 10.0. The molecule has 0 saturated heterocycles. The number of rotatable bonds is 5. The topological polar surface area (TPSA) is 101 Å². The van der Waals surface area contributed by atoms with Gasteiger partial charge in [-0.15, -0.1) is 0 Å². The van der Waals surface area contributed by atoms with Crippen LogP contribution in [0.1, 0.15) is 36.4 Å². The smallest absolute Gasteiger partial charge is 0.230 e. The van der Waals surface area contributed by atoms with Crippen molar-refractivity contribution in [2.45, 2.75) is 31.6 Å². The minimum atomic E-state index is -0.236. The van der Waals surface area contributed by atoms with Crippen molar-refractivity contribution in [3.8, 4) is 0 Å². The zero-order valence-corrected chi connectivity index (χ0v) is 14.9. The van der Waals surface area contributed by atoms with Crippen LogP contribution in [0.3, 0.4) is 0 Å². The third-order valence-electron chi connectivity index (χ3n) is 5.37. The van der Waals surface area contributed by atoms with Crippen LogP contribution in [0.25, 0.3) is 10.8 Å². The predicted molar refractivity (Wildman–Crippen MR) is 104 cm³/mol. The van der Waals surface area contributed by atoms with E-state index in [-0.39, 0.29) is 30.1 Å². The molecule has 4 rings (SSSR count). The molecule has 2 atom stereocenters. The van der Waals surface area contributed by atoms with Gasteiger partial charge in [0.2, 0.25) is 11.8 Å². The molecule has 1 saturated carbocycles. The van der Waals surface area contributed by atoms with Gasteiger partial charge in [-0.05, 0) is 35.6 Å². The van der Waals surface area contributed by atoms with Crippen molar-refractivity contribution in [3.63, 3.8) is 0 Å². The summed E-state index contributed by atoms with van der Waals surface area (Å²) in [5.74, 6) is 0.339. The molecule has 138 valence electrons. The summed E-state index contributed by atoms with van der Waals surface area (Å²) in [5.41, 5.74) is 7.33. The Labute approximate surface area is 157 Å². The minimum Gasteiger partial charge on any atom is -0.369 e. The molecule has 1 heterocycles. The normalized spacial score (nSPS) is 19.3. The van der Waals surface area contributed by atoms with Gasteiger partial charge in [-0.1, -0.05) is 42.5 Å². The molecule has 2 aromatic carbocycles. The van der Waals surface area contributed by atoms with Crippen molar-refractivity contribution in [3.05, 3.63) is 59.8 Å². The van der Waals surface area contributed by atoms with Gasteiger partial charge in [0.05, 0.1) is 6.42 Å². The van der Waals surface area contributed by atoms with Crippen molar-refractivity contribution < 1.29 is 9.59 Å². The summed E-state index contributed by atoms with van der Waals surface area (Å²) in [7, 11) is 0. The number of aromatic amines is 1. The Hall–Kier alpha value is -3.15. The number of primary amides is 1. The highest BCUT2D eigenvalue weighted by molar-refractivity contribution is 5.95. The Morgan fingerprint density at radius 2 is 1.96 bits per heavy atom. The molecule has 1 fully saturated rings. The Morgan fingerprint density at radius 1 is 1.15 bits per heavy atom. The van der Waals surface area contributed by atoms with E-state index in [1.807, 2.05) is 48.5 Å². The van der Waals surface area contributed by atoms with Gasteiger partial charge in [0.1, 0.15) is 0 Å². The third-order valence-corrected chi connectivity index (χ3v) is 5.37. The number of carbonyl (C=O) groups is 2. The second-order valence-corrected chi connectivity index (χ2v) is 7.18. The van der Waals surface area contributed by atoms with E-state index >= 15 is 0 Å². The third kappa shape index (κ3) is 3.69. The molecule has 0 bridgehead atoms. The summed E-state index contributed by atoms with van der Waals surface area (Å²) >= 11 is 0. The minimum absolute atomic E-state index is 0.0669. The van der Waals surface area contributed by atoms with Crippen LogP contribution in [-0.2, 0) is 16.0 Å². The number of fused-ring (bicyclic) bond motifs is 1. The zero-order chi connectivity index (χ0) is 18.8. The van der Waals surface area contributed by atoms with Crippen molar-refractivity contribution in [2.24, 2.45) is 11.7 Å². The maximum atomic E-state index is 12.5. The van der Waals surface area contributed by atoms with E-state index in [1.54, 1.807) is 0 Å². The Bertz CT molecular complexity index is 989. The molecule has 1 aromatic heterocycles. The lowest BCUT2D eigenvalue weighted by Crippen LogP contribution is -2.20. The van der Waals surface area contributed by atoms with Crippen LogP contribution < -0.4 is 11.1 Å². The van der Waals surface area contributed by atoms with E-state index in [2.05, 4.69) is 15.5 Å². The molecule has 0 aliphatic heterocycles. The zero-order valence-electron chi connectivity index (χ0n) is 14.9. The van der Waals surface area contributed by atoms with Gasteiger partial charge in [0.15, 0.2) is 5.82 Å². The monoisotopic (exact) mass is 362 g/mol. The van der Waals surface area contributed by atoms with E-state index in [4.69, 9.17) is 5.73 Å². The molecule has 6 nitrogen and oxygen atoms in total. The number of H-pyrrole nitrogens is 1. The lowest BCUT2D eigenvalue weighted by molar-refractivity contribution is -0.121. The highest BCUT2D eigenvalue weighted by Crippen LogP contribution is 2.37. The van der Waals surface area contributed by atoms with E-state index in [0.717, 1.165) is 41.3 Å². The number of amides is 2. The average molecular weight is 362 g/mol. The first-order chi connectivity index (χ1) is 13.1. The van der Waals surface area contributed by atoms with Crippen LogP contribution in [0.4, 0.5) is 5.82 Å². The largest absolute Gasteiger partial charge is 0.369 e. The Morgan fingerprint density at radius 3 is 2.78 bits per heavy atom. The van der Waals surface area contributed by atoms with E-state index < -0.39 is 0 Å². The Kier molecular flexibility index (Phi) is 4.62. The Balaban J connectivity index is 1.42. The number of hydrogen-bond acceptors (Lipinski definition) is 3. The molecular formula is C21H22N4O2. The number of nitrogens with one attached hydrogen (secondary N) is 2. The lowest BCUT2D eigenvalue weighted by Gasteiger charge is -2.07. The molecule has 1 aliphatic carbocycles. The van der Waals surface area contributed by atoms with Gasteiger partial charge in [-0.25, -0.2) is 0 Å². The maximum absolute atomic E-state index is 12.5. The molecule has 1 aliphatic rings. The number of benzene rings is 2. The summed E-state index contributed by atoms with van der Waals surface area (Å²) in [6.45, 7) is 0. The number of aromatic nitrogens is 2. The van der Waals surface area contributed by atoms with Crippen LogP contribution in [0.15, 0.2) is 48.5 Å². The first-order valence-electron chi connectivity index (χ1n) is 9.21. The average Bonchev–Trinajstić information content (AvgIpc) is 3.31. The summed E-state index contributed by atoms with van der Waals surface area (Å²) in [4.78, 5) is 23.8. The van der Waals surface area contributed by atoms with Crippen LogP contribution in [0.2, 0.25) is 0 Å². The number of carbonyl (C=O) groups excluding carboxylic acids is 2. The van der Waals surface area contributed by atoms with Gasteiger partial charge in [-0.2, -0.15) is 5.10 Å². The van der Waals surface area contributed by atoms with Crippen LogP contribution in [0.5, 0.6) is 0 Å². The van der Waals surface area contributed by atoms with Crippen LogP contribution >= 0.6 is 0 Å². The molecule has 6 heteroatoms.